The van der Waals surface area contributed by atoms with Crippen LogP contribution in [0.5, 0.6) is 0 Å². The highest BCUT2D eigenvalue weighted by Crippen LogP contribution is 2.26. The summed E-state index contributed by atoms with van der Waals surface area (Å²) in [6.45, 7) is 0. The van der Waals surface area contributed by atoms with Crippen molar-refractivity contribution in [1.82, 2.24) is 19.5 Å². The molecule has 0 saturated carbocycles. The molecule has 0 spiro atoms. The number of aliphatic hydroxyl groups is 1. The third kappa shape index (κ3) is 1.27. The third-order valence-corrected chi connectivity index (χ3v) is 2.78. The van der Waals surface area contributed by atoms with Crippen LogP contribution in [0.4, 0.5) is 5.82 Å². The first-order valence-electron chi connectivity index (χ1n) is 5.05. The van der Waals surface area contributed by atoms with E-state index < -0.39 is 0 Å². The molecular formula is C10H11N5O. The van der Waals surface area contributed by atoms with Crippen LogP contribution in [0.2, 0.25) is 0 Å². The molecule has 0 unspecified atom stereocenters. The Bertz CT molecular complexity index is 561. The van der Waals surface area contributed by atoms with Gasteiger partial charge in [0, 0.05) is 6.42 Å². The summed E-state index contributed by atoms with van der Waals surface area (Å²) < 4.78 is 1.90. The fourth-order valence-electron chi connectivity index (χ4n) is 1.98. The number of hydrogen-bond acceptors (Lipinski definition) is 5. The molecule has 3 rings (SSSR count). The fraction of sp³-hybridized carbons (Fsp3) is 0.300. The molecule has 3 N–H and O–H groups in total. The predicted octanol–water partition coefficient (Wildman–Crippen LogP) is 0.270. The summed E-state index contributed by atoms with van der Waals surface area (Å²) in [4.78, 5) is 12.2. The van der Waals surface area contributed by atoms with E-state index in [0.717, 1.165) is 0 Å². The lowest BCUT2D eigenvalue weighted by atomic mass is 10.2. The zero-order valence-electron chi connectivity index (χ0n) is 8.48. The maximum atomic E-state index is 9.45. The molecule has 1 aliphatic carbocycles. The molecule has 0 saturated heterocycles. The van der Waals surface area contributed by atoms with E-state index in [4.69, 9.17) is 5.73 Å². The minimum Gasteiger partial charge on any atom is -0.389 e. The van der Waals surface area contributed by atoms with E-state index in [1.807, 2.05) is 10.6 Å². The van der Waals surface area contributed by atoms with E-state index in [1.54, 1.807) is 12.4 Å². The van der Waals surface area contributed by atoms with Gasteiger partial charge in [-0.05, 0) is 0 Å². The van der Waals surface area contributed by atoms with E-state index in [1.165, 1.54) is 6.33 Å². The molecular weight excluding hydrogens is 206 g/mol. The number of hydrogen-bond donors (Lipinski definition) is 2. The summed E-state index contributed by atoms with van der Waals surface area (Å²) in [7, 11) is 0. The molecule has 1 aliphatic rings. The van der Waals surface area contributed by atoms with Gasteiger partial charge in [-0.2, -0.15) is 0 Å². The number of nitrogens with zero attached hydrogens (tertiary/aromatic N) is 4. The average molecular weight is 217 g/mol. The lowest BCUT2D eigenvalue weighted by Gasteiger charge is -2.10. The Morgan fingerprint density at radius 2 is 2.19 bits per heavy atom. The Labute approximate surface area is 91.5 Å². The lowest BCUT2D eigenvalue weighted by molar-refractivity contribution is 0.211. The second kappa shape index (κ2) is 3.28. The van der Waals surface area contributed by atoms with Crippen molar-refractivity contribution in [2.75, 3.05) is 5.73 Å². The summed E-state index contributed by atoms with van der Waals surface area (Å²) in [6.07, 6.45) is 7.09. The highest BCUT2D eigenvalue weighted by atomic mass is 16.3. The van der Waals surface area contributed by atoms with Crippen LogP contribution in [0.25, 0.3) is 11.2 Å². The fourth-order valence-corrected chi connectivity index (χ4v) is 1.98. The number of aromatic nitrogens is 4. The van der Waals surface area contributed by atoms with Gasteiger partial charge in [-0.15, -0.1) is 0 Å². The van der Waals surface area contributed by atoms with Crippen molar-refractivity contribution in [3.8, 4) is 0 Å². The van der Waals surface area contributed by atoms with E-state index in [9.17, 15) is 5.11 Å². The maximum Gasteiger partial charge on any atom is 0.165 e. The molecule has 16 heavy (non-hydrogen) atoms. The standard InChI is InChI=1S/C10H11N5O/c11-9-8-10(13-4-12-9)15(5-14-8)6-1-2-7(16)3-6/h1-2,4-7,16H,3H2,(H2,11,12,13)/t6-,7-/m0/s1. The zero-order chi connectivity index (χ0) is 11.1. The SMILES string of the molecule is Nc1ncnc2c1ncn2[C@H]1C=C[C@H](O)C1. The van der Waals surface area contributed by atoms with Crippen molar-refractivity contribution in [3.63, 3.8) is 0 Å². The van der Waals surface area contributed by atoms with Crippen LogP contribution in [0, 0.1) is 0 Å². The first-order chi connectivity index (χ1) is 7.75. The van der Waals surface area contributed by atoms with Gasteiger partial charge in [0.15, 0.2) is 11.5 Å². The molecule has 0 fully saturated rings. The number of aliphatic hydroxyl groups excluding tert-OH is 1. The maximum absolute atomic E-state index is 9.45. The van der Waals surface area contributed by atoms with Gasteiger partial charge in [0.25, 0.3) is 0 Å². The average Bonchev–Trinajstić information content (AvgIpc) is 2.84. The second-order valence-corrected chi connectivity index (χ2v) is 3.84. The Morgan fingerprint density at radius 1 is 1.31 bits per heavy atom. The predicted molar refractivity (Wildman–Crippen MR) is 58.5 cm³/mol. The van der Waals surface area contributed by atoms with Crippen molar-refractivity contribution in [2.45, 2.75) is 18.6 Å². The molecule has 0 radical (unpaired) electrons. The quantitative estimate of drug-likeness (QED) is 0.669. The van der Waals surface area contributed by atoms with Crippen molar-refractivity contribution < 1.29 is 5.11 Å². The zero-order valence-corrected chi connectivity index (χ0v) is 8.48. The van der Waals surface area contributed by atoms with Crippen LogP contribution in [0.1, 0.15) is 12.5 Å². The Kier molecular flexibility index (Phi) is 1.90. The summed E-state index contributed by atoms with van der Waals surface area (Å²) in [6, 6.07) is 0.0919. The number of fused-ring (bicyclic) bond motifs is 1. The van der Waals surface area contributed by atoms with Crippen LogP contribution in [0.15, 0.2) is 24.8 Å². The number of rotatable bonds is 1. The van der Waals surface area contributed by atoms with Gasteiger partial charge in [-0.1, -0.05) is 12.2 Å². The summed E-state index contributed by atoms with van der Waals surface area (Å²) in [5.41, 5.74) is 7.01. The Morgan fingerprint density at radius 3 is 2.94 bits per heavy atom. The number of nitrogens with two attached hydrogens (primary N) is 1. The molecule has 2 aromatic rings. The van der Waals surface area contributed by atoms with Gasteiger partial charge in [-0.25, -0.2) is 15.0 Å². The topological polar surface area (TPSA) is 89.9 Å². The van der Waals surface area contributed by atoms with Crippen LogP contribution < -0.4 is 5.73 Å². The van der Waals surface area contributed by atoms with Crippen LogP contribution in [-0.2, 0) is 0 Å². The number of allylic oxidation sites excluding steroid dienone is 1. The molecule has 0 amide bonds. The smallest absolute Gasteiger partial charge is 0.165 e. The summed E-state index contributed by atoms with van der Waals surface area (Å²) in [5, 5.41) is 9.45. The number of nitrogen functional groups attached to an aromatic ring is 1. The van der Waals surface area contributed by atoms with Crippen molar-refractivity contribution in [3.05, 3.63) is 24.8 Å². The Hall–Kier alpha value is -1.95. The molecule has 0 aromatic carbocycles. The lowest BCUT2D eigenvalue weighted by Crippen LogP contribution is -2.08. The van der Waals surface area contributed by atoms with Gasteiger partial charge in [0.05, 0.1) is 18.5 Å². The molecule has 2 atom stereocenters. The normalized spacial score (nSPS) is 24.3. The first kappa shape index (κ1) is 9.29. The molecule has 0 bridgehead atoms. The minimum atomic E-state index is -0.387. The van der Waals surface area contributed by atoms with Gasteiger partial charge in [-0.3, -0.25) is 0 Å². The van der Waals surface area contributed by atoms with Crippen LogP contribution >= 0.6 is 0 Å². The summed E-state index contributed by atoms with van der Waals surface area (Å²) >= 11 is 0. The highest BCUT2D eigenvalue weighted by Gasteiger charge is 2.20. The van der Waals surface area contributed by atoms with Gasteiger partial charge < -0.3 is 15.4 Å². The van der Waals surface area contributed by atoms with Crippen molar-refractivity contribution in [1.29, 1.82) is 0 Å². The van der Waals surface area contributed by atoms with Crippen LogP contribution in [-0.4, -0.2) is 30.7 Å². The largest absolute Gasteiger partial charge is 0.389 e. The second-order valence-electron chi connectivity index (χ2n) is 3.84. The molecule has 2 heterocycles. The number of imidazole rings is 1. The molecule has 6 heteroatoms. The molecule has 0 aliphatic heterocycles. The van der Waals surface area contributed by atoms with E-state index in [-0.39, 0.29) is 12.1 Å². The highest BCUT2D eigenvalue weighted by molar-refractivity contribution is 5.81. The third-order valence-electron chi connectivity index (χ3n) is 2.78. The van der Waals surface area contributed by atoms with Crippen molar-refractivity contribution in [2.24, 2.45) is 0 Å². The minimum absolute atomic E-state index is 0.0919. The first-order valence-corrected chi connectivity index (χ1v) is 5.05. The van der Waals surface area contributed by atoms with E-state index >= 15 is 0 Å². The van der Waals surface area contributed by atoms with Gasteiger partial charge in [0.2, 0.25) is 0 Å². The molecule has 2 aromatic heterocycles. The van der Waals surface area contributed by atoms with Gasteiger partial charge in [0.1, 0.15) is 11.8 Å². The van der Waals surface area contributed by atoms with Crippen LogP contribution in [0.3, 0.4) is 0 Å². The Balaban J connectivity index is 2.12. The summed E-state index contributed by atoms with van der Waals surface area (Å²) in [5.74, 6) is 0.381. The van der Waals surface area contributed by atoms with E-state index in [0.29, 0.717) is 23.4 Å². The molecule has 6 nitrogen and oxygen atoms in total. The number of anilines is 1. The van der Waals surface area contributed by atoms with Crippen molar-refractivity contribution >= 4 is 17.0 Å². The van der Waals surface area contributed by atoms with E-state index in [2.05, 4.69) is 15.0 Å². The monoisotopic (exact) mass is 217 g/mol. The van der Waals surface area contributed by atoms with Gasteiger partial charge >= 0.3 is 0 Å². The molecule has 82 valence electrons.